The Morgan fingerprint density at radius 1 is 1.38 bits per heavy atom. The van der Waals surface area contributed by atoms with E-state index in [2.05, 4.69) is 17.8 Å². The van der Waals surface area contributed by atoms with E-state index >= 15 is 0 Å². The minimum Gasteiger partial charge on any atom is -0.291 e. The lowest BCUT2D eigenvalue weighted by atomic mass is 10.1. The normalized spacial score (nSPS) is 13.9. The van der Waals surface area contributed by atoms with Gasteiger partial charge in [-0.2, -0.15) is 0 Å². The summed E-state index contributed by atoms with van der Waals surface area (Å²) in [6, 6.07) is 0. The van der Waals surface area contributed by atoms with E-state index in [1.165, 1.54) is 0 Å². The van der Waals surface area contributed by atoms with Gasteiger partial charge in [0.05, 0.1) is 0 Å². The molecule has 78 valence electrons. The van der Waals surface area contributed by atoms with Crippen LogP contribution in [0.4, 0.5) is 0 Å². The Kier molecular flexibility index (Phi) is 4.99. The van der Waals surface area contributed by atoms with E-state index in [-0.39, 0.29) is 17.4 Å². The molecule has 0 aliphatic rings. The zero-order valence-corrected chi connectivity index (χ0v) is 9.40. The van der Waals surface area contributed by atoms with Crippen LogP contribution in [-0.2, 0) is 4.79 Å². The van der Waals surface area contributed by atoms with Crippen molar-refractivity contribution in [2.75, 3.05) is 0 Å². The lowest BCUT2D eigenvalue weighted by molar-refractivity contribution is -0.126. The summed E-state index contributed by atoms with van der Waals surface area (Å²) in [5.74, 6) is 0.177. The highest BCUT2D eigenvalue weighted by Gasteiger charge is 2.14. The fraction of sp³-hybridized carbons (Fsp3) is 0.900. The molecule has 3 heteroatoms. The van der Waals surface area contributed by atoms with Crippen molar-refractivity contribution < 1.29 is 4.79 Å². The molecule has 0 aliphatic heterocycles. The molecule has 0 bridgehead atoms. The van der Waals surface area contributed by atoms with Crippen molar-refractivity contribution in [3.05, 3.63) is 0 Å². The molecule has 2 N–H and O–H groups in total. The molecule has 0 rings (SSSR count). The fourth-order valence-corrected chi connectivity index (χ4v) is 0.936. The summed E-state index contributed by atoms with van der Waals surface area (Å²) in [4.78, 5) is 11.4. The predicted octanol–water partition coefficient (Wildman–Crippen LogP) is 1.84. The average Bonchev–Trinajstić information content (AvgIpc) is 1.99. The van der Waals surface area contributed by atoms with Crippen LogP contribution < -0.4 is 10.9 Å². The topological polar surface area (TPSA) is 41.1 Å². The van der Waals surface area contributed by atoms with Gasteiger partial charge in [0.15, 0.2) is 0 Å². The van der Waals surface area contributed by atoms with Crippen LogP contribution in [0.3, 0.4) is 0 Å². The molecule has 1 unspecified atom stereocenters. The molecule has 0 fully saturated rings. The molecule has 1 atom stereocenters. The molecule has 0 aliphatic carbocycles. The van der Waals surface area contributed by atoms with Crippen molar-refractivity contribution in [2.24, 2.45) is 5.92 Å². The van der Waals surface area contributed by atoms with Crippen molar-refractivity contribution in [3.63, 3.8) is 0 Å². The lowest BCUT2D eigenvalue weighted by Crippen LogP contribution is -2.50. The predicted molar refractivity (Wildman–Crippen MR) is 55.1 cm³/mol. The Bertz CT molecular complexity index is 161. The minimum absolute atomic E-state index is 0.0679. The summed E-state index contributed by atoms with van der Waals surface area (Å²) in [6.45, 7) is 10.1. The van der Waals surface area contributed by atoms with Crippen molar-refractivity contribution in [1.82, 2.24) is 10.9 Å². The van der Waals surface area contributed by atoms with Gasteiger partial charge in [-0.05, 0) is 27.2 Å². The largest absolute Gasteiger partial charge is 0.291 e. The van der Waals surface area contributed by atoms with Gasteiger partial charge in [-0.25, -0.2) is 5.43 Å². The first-order chi connectivity index (χ1) is 5.87. The van der Waals surface area contributed by atoms with Crippen LogP contribution in [0.25, 0.3) is 0 Å². The Hall–Kier alpha value is -0.570. The molecule has 0 spiro atoms. The van der Waals surface area contributed by atoms with Crippen molar-refractivity contribution in [2.45, 2.75) is 53.0 Å². The van der Waals surface area contributed by atoms with Gasteiger partial charge < -0.3 is 0 Å². The lowest BCUT2D eigenvalue weighted by Gasteiger charge is -2.22. The van der Waals surface area contributed by atoms with Crippen molar-refractivity contribution in [3.8, 4) is 0 Å². The molecule has 0 radical (unpaired) electrons. The van der Waals surface area contributed by atoms with E-state index in [0.29, 0.717) is 0 Å². The number of hydrazine groups is 1. The van der Waals surface area contributed by atoms with Gasteiger partial charge in [0.2, 0.25) is 5.91 Å². The second kappa shape index (κ2) is 5.22. The summed E-state index contributed by atoms with van der Waals surface area (Å²) in [5, 5.41) is 0. The van der Waals surface area contributed by atoms with Gasteiger partial charge >= 0.3 is 0 Å². The number of hydrogen-bond donors (Lipinski definition) is 2. The highest BCUT2D eigenvalue weighted by molar-refractivity contribution is 5.77. The van der Waals surface area contributed by atoms with Crippen LogP contribution in [0.15, 0.2) is 0 Å². The minimum atomic E-state index is -0.0679. The van der Waals surface area contributed by atoms with Gasteiger partial charge in [-0.1, -0.05) is 20.3 Å². The Morgan fingerprint density at radius 2 is 1.92 bits per heavy atom. The summed E-state index contributed by atoms with van der Waals surface area (Å²) in [7, 11) is 0. The van der Waals surface area contributed by atoms with Crippen LogP contribution in [0.5, 0.6) is 0 Å². The number of amides is 1. The number of nitrogens with one attached hydrogen (secondary N) is 2. The van der Waals surface area contributed by atoms with Crippen molar-refractivity contribution in [1.29, 1.82) is 0 Å². The average molecular weight is 186 g/mol. The molecule has 0 aromatic rings. The molecule has 0 aromatic carbocycles. The van der Waals surface area contributed by atoms with Crippen molar-refractivity contribution >= 4 is 5.91 Å². The van der Waals surface area contributed by atoms with Crippen LogP contribution in [-0.4, -0.2) is 11.4 Å². The molecule has 3 nitrogen and oxygen atoms in total. The molecule has 0 aromatic heterocycles. The SMILES string of the molecule is CCCC(C)C(=O)NNC(C)(C)C. The third-order valence-electron chi connectivity index (χ3n) is 1.73. The first-order valence-corrected chi connectivity index (χ1v) is 4.94. The first-order valence-electron chi connectivity index (χ1n) is 4.94. The Balaban J connectivity index is 3.74. The van der Waals surface area contributed by atoms with Crippen LogP contribution >= 0.6 is 0 Å². The molecule has 1 amide bonds. The zero-order valence-electron chi connectivity index (χ0n) is 9.40. The monoisotopic (exact) mass is 186 g/mol. The standard InChI is InChI=1S/C10H22N2O/c1-6-7-8(2)9(13)11-12-10(3,4)5/h8,12H,6-7H2,1-5H3,(H,11,13). The van der Waals surface area contributed by atoms with Gasteiger partial charge in [0.25, 0.3) is 0 Å². The maximum Gasteiger partial charge on any atom is 0.236 e. The third-order valence-corrected chi connectivity index (χ3v) is 1.73. The fourth-order valence-electron chi connectivity index (χ4n) is 0.936. The van der Waals surface area contributed by atoms with E-state index in [9.17, 15) is 4.79 Å². The maximum absolute atomic E-state index is 11.4. The molecule has 13 heavy (non-hydrogen) atoms. The smallest absolute Gasteiger partial charge is 0.236 e. The van der Waals surface area contributed by atoms with E-state index in [1.807, 2.05) is 27.7 Å². The van der Waals surface area contributed by atoms with Crippen LogP contribution in [0.1, 0.15) is 47.5 Å². The first kappa shape index (κ1) is 12.4. The summed E-state index contributed by atoms with van der Waals surface area (Å²) in [6.07, 6.45) is 1.99. The molecule has 0 saturated heterocycles. The van der Waals surface area contributed by atoms with Gasteiger partial charge in [-0.3, -0.25) is 10.2 Å². The Labute approximate surface area is 81.3 Å². The molecule has 0 heterocycles. The van der Waals surface area contributed by atoms with E-state index in [4.69, 9.17) is 0 Å². The molecule has 0 saturated carbocycles. The van der Waals surface area contributed by atoms with E-state index in [1.54, 1.807) is 0 Å². The second-order valence-corrected chi connectivity index (χ2v) is 4.55. The van der Waals surface area contributed by atoms with E-state index in [0.717, 1.165) is 12.8 Å². The van der Waals surface area contributed by atoms with Crippen LogP contribution in [0, 0.1) is 5.92 Å². The molecular weight excluding hydrogens is 164 g/mol. The second-order valence-electron chi connectivity index (χ2n) is 4.55. The Morgan fingerprint density at radius 3 is 2.31 bits per heavy atom. The summed E-state index contributed by atoms with van der Waals surface area (Å²) >= 11 is 0. The van der Waals surface area contributed by atoms with Gasteiger partial charge in [0.1, 0.15) is 0 Å². The summed E-state index contributed by atoms with van der Waals surface area (Å²) in [5.41, 5.74) is 5.61. The maximum atomic E-state index is 11.4. The third kappa shape index (κ3) is 6.58. The number of hydrogen-bond acceptors (Lipinski definition) is 2. The number of carbonyl (C=O) groups excluding carboxylic acids is 1. The number of carbonyl (C=O) groups is 1. The van der Waals surface area contributed by atoms with E-state index < -0.39 is 0 Å². The summed E-state index contributed by atoms with van der Waals surface area (Å²) < 4.78 is 0. The quantitative estimate of drug-likeness (QED) is 0.658. The highest BCUT2D eigenvalue weighted by Crippen LogP contribution is 2.04. The highest BCUT2D eigenvalue weighted by atomic mass is 16.2. The van der Waals surface area contributed by atoms with Gasteiger partial charge in [0, 0.05) is 11.5 Å². The number of rotatable bonds is 4. The van der Waals surface area contributed by atoms with Gasteiger partial charge in [-0.15, -0.1) is 0 Å². The van der Waals surface area contributed by atoms with Crippen LogP contribution in [0.2, 0.25) is 0 Å². The zero-order chi connectivity index (χ0) is 10.5. The molecular formula is C10H22N2O.